The second kappa shape index (κ2) is 7.84. The summed E-state index contributed by atoms with van der Waals surface area (Å²) in [6, 6.07) is 11.9. The summed E-state index contributed by atoms with van der Waals surface area (Å²) in [5.41, 5.74) is 3.05. The number of hydrogen-bond acceptors (Lipinski definition) is 3. The molecule has 0 saturated heterocycles. The first kappa shape index (κ1) is 21.4. The van der Waals surface area contributed by atoms with Crippen molar-refractivity contribution in [3.63, 3.8) is 0 Å². The maximum Gasteiger partial charge on any atom is 0.261 e. The number of rotatable bonds is 5. The second-order valence-electron chi connectivity index (χ2n) is 8.41. The van der Waals surface area contributed by atoms with Crippen LogP contribution in [0.4, 0.5) is 5.69 Å². The number of aromatic nitrogens is 2. The molecule has 1 N–H and O–H groups in total. The number of benzene rings is 2. The quantitative estimate of drug-likeness (QED) is 0.559. The first-order chi connectivity index (χ1) is 13.5. The van der Waals surface area contributed by atoms with E-state index >= 15 is 0 Å². The minimum absolute atomic E-state index is 0.0483. The molecular formula is C22H26ClN3O2S. The molecule has 0 atom stereocenters. The molecule has 154 valence electrons. The highest BCUT2D eigenvalue weighted by Crippen LogP contribution is 2.29. The van der Waals surface area contributed by atoms with Gasteiger partial charge in [0.05, 0.1) is 22.5 Å². The van der Waals surface area contributed by atoms with E-state index in [1.54, 1.807) is 41.2 Å². The van der Waals surface area contributed by atoms with E-state index in [0.29, 0.717) is 22.3 Å². The van der Waals surface area contributed by atoms with Crippen molar-refractivity contribution in [2.24, 2.45) is 0 Å². The van der Waals surface area contributed by atoms with Gasteiger partial charge in [-0.3, -0.25) is 4.72 Å². The predicted octanol–water partition coefficient (Wildman–Crippen LogP) is 5.75. The monoisotopic (exact) mass is 431 g/mol. The Morgan fingerprint density at radius 2 is 1.72 bits per heavy atom. The molecule has 0 bridgehead atoms. The Morgan fingerprint density at radius 1 is 1.07 bits per heavy atom. The predicted molar refractivity (Wildman–Crippen MR) is 119 cm³/mol. The third kappa shape index (κ3) is 4.82. The fourth-order valence-electron chi connectivity index (χ4n) is 2.89. The van der Waals surface area contributed by atoms with Gasteiger partial charge in [0.2, 0.25) is 0 Å². The molecule has 0 fully saturated rings. The molecule has 2 aromatic carbocycles. The molecule has 0 aliphatic rings. The van der Waals surface area contributed by atoms with Crippen LogP contribution in [0.2, 0.25) is 5.02 Å². The van der Waals surface area contributed by atoms with Crippen molar-refractivity contribution in [2.45, 2.75) is 50.8 Å². The Hall–Kier alpha value is -2.31. The molecule has 0 aliphatic carbocycles. The van der Waals surface area contributed by atoms with Gasteiger partial charge < -0.3 is 0 Å². The molecule has 5 nitrogen and oxygen atoms in total. The summed E-state index contributed by atoms with van der Waals surface area (Å²) in [6.07, 6.45) is 3.65. The number of anilines is 1. The van der Waals surface area contributed by atoms with Gasteiger partial charge in [0, 0.05) is 11.2 Å². The third-order valence-corrected chi connectivity index (χ3v) is 6.37. The van der Waals surface area contributed by atoms with Crippen LogP contribution in [-0.4, -0.2) is 18.2 Å². The Kier molecular flexibility index (Phi) is 5.79. The van der Waals surface area contributed by atoms with Crippen molar-refractivity contribution >= 4 is 27.3 Å². The highest BCUT2D eigenvalue weighted by Gasteiger charge is 2.20. The molecule has 3 aromatic rings. The van der Waals surface area contributed by atoms with Crippen LogP contribution < -0.4 is 4.72 Å². The van der Waals surface area contributed by atoms with E-state index in [9.17, 15) is 8.42 Å². The Labute approximate surface area is 177 Å². The molecular weight excluding hydrogens is 406 g/mol. The SMILES string of the molecule is CC(C)c1cnn(-c2cc(Cl)ccc2NS(=O)(=O)c2ccc(C(C)(C)C)cc2)c1. The van der Waals surface area contributed by atoms with Crippen LogP contribution in [0.3, 0.4) is 0 Å². The van der Waals surface area contributed by atoms with Gasteiger partial charge in [-0.2, -0.15) is 5.10 Å². The Bertz CT molecular complexity index is 1110. The molecule has 0 unspecified atom stereocenters. The standard InChI is InChI=1S/C22H26ClN3O2S/c1-15(2)16-13-24-26(14-16)21-12-18(23)8-11-20(21)25-29(27,28)19-9-6-17(7-10-19)22(3,4)5/h6-15,25H,1-5H3. The average molecular weight is 432 g/mol. The maximum absolute atomic E-state index is 13.0. The fourth-order valence-corrected chi connectivity index (χ4v) is 4.13. The molecule has 0 saturated carbocycles. The normalized spacial score (nSPS) is 12.4. The number of sulfonamides is 1. The molecule has 0 spiro atoms. The van der Waals surface area contributed by atoms with Gasteiger partial charge in [0.1, 0.15) is 0 Å². The first-order valence-corrected chi connectivity index (χ1v) is 11.3. The molecule has 1 aromatic heterocycles. The zero-order valence-electron chi connectivity index (χ0n) is 17.3. The van der Waals surface area contributed by atoms with Crippen molar-refractivity contribution in [1.29, 1.82) is 0 Å². The lowest BCUT2D eigenvalue weighted by atomic mass is 9.87. The molecule has 0 amide bonds. The summed E-state index contributed by atoms with van der Waals surface area (Å²) >= 11 is 6.17. The van der Waals surface area contributed by atoms with Gasteiger partial charge in [-0.1, -0.05) is 58.4 Å². The van der Waals surface area contributed by atoms with E-state index in [1.807, 2.05) is 18.3 Å². The van der Waals surface area contributed by atoms with E-state index in [2.05, 4.69) is 44.4 Å². The van der Waals surface area contributed by atoms with Crippen molar-refractivity contribution in [2.75, 3.05) is 4.72 Å². The summed E-state index contributed by atoms with van der Waals surface area (Å²) < 4.78 is 30.3. The zero-order valence-corrected chi connectivity index (χ0v) is 18.8. The van der Waals surface area contributed by atoms with E-state index in [0.717, 1.165) is 11.1 Å². The van der Waals surface area contributed by atoms with Crippen molar-refractivity contribution in [3.05, 3.63) is 71.0 Å². The van der Waals surface area contributed by atoms with Crippen LogP contribution in [0.5, 0.6) is 0 Å². The highest BCUT2D eigenvalue weighted by atomic mass is 35.5. The fraction of sp³-hybridized carbons (Fsp3) is 0.318. The van der Waals surface area contributed by atoms with Crippen LogP contribution >= 0.6 is 11.6 Å². The molecule has 0 radical (unpaired) electrons. The smallest absolute Gasteiger partial charge is 0.261 e. The zero-order chi connectivity index (χ0) is 21.4. The number of nitrogens with zero attached hydrogens (tertiary/aromatic N) is 2. The average Bonchev–Trinajstić information content (AvgIpc) is 3.13. The number of nitrogens with one attached hydrogen (secondary N) is 1. The van der Waals surface area contributed by atoms with E-state index in [4.69, 9.17) is 11.6 Å². The third-order valence-electron chi connectivity index (χ3n) is 4.75. The van der Waals surface area contributed by atoms with E-state index in [1.165, 1.54) is 0 Å². The summed E-state index contributed by atoms with van der Waals surface area (Å²) in [5, 5.41) is 4.87. The minimum atomic E-state index is -3.76. The van der Waals surface area contributed by atoms with Crippen molar-refractivity contribution in [1.82, 2.24) is 9.78 Å². The Balaban J connectivity index is 1.97. The van der Waals surface area contributed by atoms with Crippen LogP contribution in [0, 0.1) is 0 Å². The maximum atomic E-state index is 13.0. The van der Waals surface area contributed by atoms with Crippen molar-refractivity contribution < 1.29 is 8.42 Å². The van der Waals surface area contributed by atoms with E-state index < -0.39 is 10.0 Å². The lowest BCUT2D eigenvalue weighted by Crippen LogP contribution is -2.16. The van der Waals surface area contributed by atoms with Crippen LogP contribution in [0.1, 0.15) is 51.7 Å². The van der Waals surface area contributed by atoms with Gasteiger partial charge in [-0.25, -0.2) is 13.1 Å². The summed E-state index contributed by atoms with van der Waals surface area (Å²) in [7, 11) is -3.76. The van der Waals surface area contributed by atoms with Gasteiger partial charge in [0.25, 0.3) is 10.0 Å². The molecule has 7 heteroatoms. The lowest BCUT2D eigenvalue weighted by Gasteiger charge is -2.19. The van der Waals surface area contributed by atoms with Crippen LogP contribution in [0.25, 0.3) is 5.69 Å². The van der Waals surface area contributed by atoms with Crippen LogP contribution in [-0.2, 0) is 15.4 Å². The van der Waals surface area contributed by atoms with Gasteiger partial charge in [0.15, 0.2) is 0 Å². The van der Waals surface area contributed by atoms with Gasteiger partial charge in [-0.05, 0) is 52.8 Å². The number of hydrogen-bond donors (Lipinski definition) is 1. The van der Waals surface area contributed by atoms with Gasteiger partial charge in [-0.15, -0.1) is 0 Å². The highest BCUT2D eigenvalue weighted by molar-refractivity contribution is 7.92. The Morgan fingerprint density at radius 3 is 2.28 bits per heavy atom. The molecule has 1 heterocycles. The first-order valence-electron chi connectivity index (χ1n) is 9.45. The second-order valence-corrected chi connectivity index (χ2v) is 10.5. The molecule has 3 rings (SSSR count). The van der Waals surface area contributed by atoms with E-state index in [-0.39, 0.29) is 10.3 Å². The minimum Gasteiger partial charge on any atom is -0.277 e. The van der Waals surface area contributed by atoms with Crippen molar-refractivity contribution in [3.8, 4) is 5.69 Å². The molecule has 29 heavy (non-hydrogen) atoms. The summed E-state index contributed by atoms with van der Waals surface area (Å²) in [5.74, 6) is 0.310. The topological polar surface area (TPSA) is 64.0 Å². The lowest BCUT2D eigenvalue weighted by molar-refractivity contribution is 0.587. The molecule has 0 aliphatic heterocycles. The number of halogens is 1. The summed E-state index contributed by atoms with van der Waals surface area (Å²) in [4.78, 5) is 0.203. The summed E-state index contributed by atoms with van der Waals surface area (Å²) in [6.45, 7) is 10.4. The largest absolute Gasteiger partial charge is 0.277 e. The van der Waals surface area contributed by atoms with Gasteiger partial charge >= 0.3 is 0 Å². The van der Waals surface area contributed by atoms with Crippen LogP contribution in [0.15, 0.2) is 59.8 Å².